The molecule has 106 valence electrons. The van der Waals surface area contributed by atoms with E-state index in [0.717, 1.165) is 34.8 Å². The van der Waals surface area contributed by atoms with Crippen molar-refractivity contribution in [3.63, 3.8) is 0 Å². The molecule has 2 rings (SSSR count). The highest BCUT2D eigenvalue weighted by Gasteiger charge is 2.24. The minimum Gasteiger partial charge on any atom is -0.449 e. The summed E-state index contributed by atoms with van der Waals surface area (Å²) in [5, 5.41) is 0. The van der Waals surface area contributed by atoms with Crippen LogP contribution in [0.15, 0.2) is 8.83 Å². The van der Waals surface area contributed by atoms with Crippen LogP contribution in [0.25, 0.3) is 11.5 Å². The molecule has 0 unspecified atom stereocenters. The largest absolute Gasteiger partial charge is 0.449 e. The molecule has 4 heteroatoms. The maximum absolute atomic E-state index is 11.1. The van der Waals surface area contributed by atoms with Gasteiger partial charge in [-0.25, -0.2) is 0 Å². The van der Waals surface area contributed by atoms with Crippen molar-refractivity contribution in [2.75, 3.05) is 0 Å². The van der Waals surface area contributed by atoms with Crippen molar-refractivity contribution in [1.29, 1.82) is 0 Å². The molecule has 0 N–H and O–H groups in total. The van der Waals surface area contributed by atoms with E-state index in [4.69, 9.17) is 8.83 Å². The second-order valence-corrected chi connectivity index (χ2v) is 4.74. The molecule has 0 aliphatic carbocycles. The lowest BCUT2D eigenvalue weighted by Crippen LogP contribution is -1.87. The van der Waals surface area contributed by atoms with Crippen LogP contribution < -0.4 is 0 Å². The van der Waals surface area contributed by atoms with Crippen LogP contribution >= 0.6 is 0 Å². The molecule has 0 saturated heterocycles. The van der Waals surface area contributed by atoms with Gasteiger partial charge in [-0.3, -0.25) is 9.59 Å². The lowest BCUT2D eigenvalue weighted by molar-refractivity contribution is 0.109. The van der Waals surface area contributed by atoms with Crippen LogP contribution in [0.3, 0.4) is 0 Å². The fourth-order valence-electron chi connectivity index (χ4n) is 2.64. The molecule has 0 aliphatic heterocycles. The normalized spacial score (nSPS) is 10.8. The minimum absolute atomic E-state index is 0.335. The maximum Gasteiger partial charge on any atom is 0.185 e. The van der Waals surface area contributed by atoms with E-state index in [1.807, 2.05) is 27.7 Å². The molecule has 0 aliphatic rings. The van der Waals surface area contributed by atoms with Gasteiger partial charge in [0.25, 0.3) is 0 Å². The van der Waals surface area contributed by atoms with Gasteiger partial charge in [-0.15, -0.1) is 0 Å². The quantitative estimate of drug-likeness (QED) is 0.776. The van der Waals surface area contributed by atoms with Crippen LogP contribution in [0.1, 0.15) is 57.2 Å². The number of carbonyl (C=O) groups is 2. The predicted molar refractivity (Wildman–Crippen MR) is 75.4 cm³/mol. The fraction of sp³-hybridized carbons (Fsp3) is 0.375. The van der Waals surface area contributed by atoms with E-state index >= 15 is 0 Å². The second-order valence-electron chi connectivity index (χ2n) is 4.74. The zero-order chi connectivity index (χ0) is 14.9. The van der Waals surface area contributed by atoms with Crippen molar-refractivity contribution in [1.82, 2.24) is 0 Å². The maximum atomic E-state index is 11.1. The van der Waals surface area contributed by atoms with Crippen LogP contribution in [0, 0.1) is 13.8 Å². The summed E-state index contributed by atoms with van der Waals surface area (Å²) >= 11 is 0. The van der Waals surface area contributed by atoms with E-state index in [-0.39, 0.29) is 0 Å². The molecule has 0 fully saturated rings. The Hall–Kier alpha value is -2.10. The first-order valence-electron chi connectivity index (χ1n) is 6.74. The van der Waals surface area contributed by atoms with E-state index in [1.165, 1.54) is 0 Å². The van der Waals surface area contributed by atoms with Crippen LogP contribution in [0.2, 0.25) is 0 Å². The van der Waals surface area contributed by atoms with Gasteiger partial charge in [-0.05, 0) is 26.7 Å². The Bertz CT molecular complexity index is 600. The second kappa shape index (κ2) is 5.49. The van der Waals surface area contributed by atoms with E-state index in [2.05, 4.69) is 0 Å². The summed E-state index contributed by atoms with van der Waals surface area (Å²) in [7, 11) is 0. The Kier molecular flexibility index (Phi) is 3.93. The molecule has 0 saturated carbocycles. The summed E-state index contributed by atoms with van der Waals surface area (Å²) in [4.78, 5) is 22.1. The Labute approximate surface area is 117 Å². The van der Waals surface area contributed by atoms with E-state index in [0.29, 0.717) is 35.9 Å². The summed E-state index contributed by atoms with van der Waals surface area (Å²) < 4.78 is 11.3. The van der Waals surface area contributed by atoms with Gasteiger partial charge in [0.05, 0.1) is 0 Å². The van der Waals surface area contributed by atoms with Crippen LogP contribution in [-0.2, 0) is 12.8 Å². The number of aldehydes is 2. The van der Waals surface area contributed by atoms with Gasteiger partial charge < -0.3 is 8.83 Å². The third kappa shape index (κ3) is 2.01. The van der Waals surface area contributed by atoms with Crippen molar-refractivity contribution in [3.8, 4) is 11.5 Å². The Morgan fingerprint density at radius 3 is 1.35 bits per heavy atom. The average Bonchev–Trinajstić information content (AvgIpc) is 2.95. The monoisotopic (exact) mass is 274 g/mol. The van der Waals surface area contributed by atoms with Gasteiger partial charge in [0.15, 0.2) is 35.6 Å². The number of carbonyl (C=O) groups excluding carboxylic acids is 2. The number of furan rings is 2. The van der Waals surface area contributed by atoms with Gasteiger partial charge in [0.1, 0.15) is 0 Å². The average molecular weight is 274 g/mol. The molecule has 0 atom stereocenters. The zero-order valence-corrected chi connectivity index (χ0v) is 12.2. The molecular formula is C16H18O4. The molecule has 4 nitrogen and oxygen atoms in total. The highest BCUT2D eigenvalue weighted by molar-refractivity contribution is 5.80. The Morgan fingerprint density at radius 1 is 0.800 bits per heavy atom. The lowest BCUT2D eigenvalue weighted by atomic mass is 10.0. The SMILES string of the molecule is CCc1c(C=O)oc(-c2oc(C=O)c(CC)c2C)c1C. The summed E-state index contributed by atoms with van der Waals surface area (Å²) in [6.07, 6.45) is 2.86. The van der Waals surface area contributed by atoms with Gasteiger partial charge in [-0.1, -0.05) is 13.8 Å². The van der Waals surface area contributed by atoms with Crippen molar-refractivity contribution in [2.24, 2.45) is 0 Å². The lowest BCUT2D eigenvalue weighted by Gasteiger charge is -1.97. The van der Waals surface area contributed by atoms with Crippen molar-refractivity contribution in [2.45, 2.75) is 40.5 Å². The molecule has 0 aromatic carbocycles. The van der Waals surface area contributed by atoms with E-state index in [1.54, 1.807) is 0 Å². The predicted octanol–water partition coefficient (Wildman–Crippen LogP) is 3.91. The third-order valence-corrected chi connectivity index (χ3v) is 3.73. The van der Waals surface area contributed by atoms with Crippen LogP contribution in [0.4, 0.5) is 0 Å². The number of hydrogen-bond acceptors (Lipinski definition) is 4. The van der Waals surface area contributed by atoms with Gasteiger partial charge in [0.2, 0.25) is 0 Å². The Morgan fingerprint density at radius 2 is 1.15 bits per heavy atom. The molecule has 0 radical (unpaired) electrons. The first kappa shape index (κ1) is 14.3. The van der Waals surface area contributed by atoms with Gasteiger partial charge in [-0.2, -0.15) is 0 Å². The molecular weight excluding hydrogens is 256 g/mol. The molecule has 2 aromatic rings. The summed E-state index contributed by atoms with van der Waals surface area (Å²) in [5.74, 6) is 1.76. The van der Waals surface area contributed by atoms with E-state index < -0.39 is 0 Å². The number of rotatable bonds is 5. The summed E-state index contributed by atoms with van der Waals surface area (Å²) in [6, 6.07) is 0. The molecule has 0 bridgehead atoms. The fourth-order valence-corrected chi connectivity index (χ4v) is 2.64. The first-order valence-corrected chi connectivity index (χ1v) is 6.74. The molecule has 0 spiro atoms. The van der Waals surface area contributed by atoms with Gasteiger partial charge in [0, 0.05) is 22.3 Å². The smallest absolute Gasteiger partial charge is 0.185 e. The zero-order valence-electron chi connectivity index (χ0n) is 12.2. The molecule has 20 heavy (non-hydrogen) atoms. The Balaban J connectivity index is 2.69. The highest BCUT2D eigenvalue weighted by atomic mass is 16.4. The highest BCUT2D eigenvalue weighted by Crippen LogP contribution is 2.36. The number of hydrogen-bond donors (Lipinski definition) is 0. The summed E-state index contributed by atoms with van der Waals surface area (Å²) in [5.41, 5.74) is 3.56. The standard InChI is InChI=1S/C16H18O4/c1-5-11-9(3)15(19-13(11)7-17)16-10(4)12(6-2)14(8-18)20-16/h7-8H,5-6H2,1-4H3. The third-order valence-electron chi connectivity index (χ3n) is 3.73. The molecule has 2 aromatic heterocycles. The van der Waals surface area contributed by atoms with Crippen molar-refractivity contribution >= 4 is 12.6 Å². The van der Waals surface area contributed by atoms with Crippen molar-refractivity contribution in [3.05, 3.63) is 33.8 Å². The van der Waals surface area contributed by atoms with Gasteiger partial charge >= 0.3 is 0 Å². The van der Waals surface area contributed by atoms with Crippen LogP contribution in [-0.4, -0.2) is 12.6 Å². The topological polar surface area (TPSA) is 60.4 Å². The summed E-state index contributed by atoms with van der Waals surface area (Å²) in [6.45, 7) is 7.74. The molecule has 2 heterocycles. The van der Waals surface area contributed by atoms with E-state index in [9.17, 15) is 9.59 Å². The molecule has 0 amide bonds. The minimum atomic E-state index is 0.335. The van der Waals surface area contributed by atoms with Crippen LogP contribution in [0.5, 0.6) is 0 Å². The first-order chi connectivity index (χ1) is 9.58. The van der Waals surface area contributed by atoms with Crippen molar-refractivity contribution < 1.29 is 18.4 Å².